The molecular formula is C12H21N3O. The van der Waals surface area contributed by atoms with Crippen molar-refractivity contribution in [1.29, 1.82) is 0 Å². The molecule has 2 atom stereocenters. The van der Waals surface area contributed by atoms with Gasteiger partial charge in [-0.3, -0.25) is 0 Å². The minimum atomic E-state index is 0.297. The summed E-state index contributed by atoms with van der Waals surface area (Å²) in [6.07, 6.45) is 3.62. The second-order valence-electron chi connectivity index (χ2n) is 5.03. The normalized spacial score (nSPS) is 23.6. The van der Waals surface area contributed by atoms with E-state index in [1.807, 2.05) is 0 Å². The van der Waals surface area contributed by atoms with Gasteiger partial charge < -0.3 is 9.84 Å². The van der Waals surface area contributed by atoms with Crippen LogP contribution in [0.1, 0.15) is 63.7 Å². The van der Waals surface area contributed by atoms with Crippen molar-refractivity contribution in [3.05, 3.63) is 11.7 Å². The Balaban J connectivity index is 2.06. The van der Waals surface area contributed by atoms with E-state index < -0.39 is 0 Å². The average Bonchev–Trinajstić information content (AvgIpc) is 2.78. The van der Waals surface area contributed by atoms with Crippen molar-refractivity contribution in [3.8, 4) is 0 Å². The molecule has 0 spiro atoms. The van der Waals surface area contributed by atoms with Crippen molar-refractivity contribution in [2.45, 2.75) is 52.0 Å². The van der Waals surface area contributed by atoms with Crippen LogP contribution in [0.15, 0.2) is 4.52 Å². The topological polar surface area (TPSA) is 51.0 Å². The van der Waals surface area contributed by atoms with Crippen molar-refractivity contribution < 1.29 is 4.52 Å². The van der Waals surface area contributed by atoms with Crippen LogP contribution in [0.4, 0.5) is 0 Å². The summed E-state index contributed by atoms with van der Waals surface area (Å²) in [6, 6.07) is 0.297. The van der Waals surface area contributed by atoms with Crippen molar-refractivity contribution in [1.82, 2.24) is 15.5 Å². The quantitative estimate of drug-likeness (QED) is 0.855. The summed E-state index contributed by atoms with van der Waals surface area (Å²) in [5, 5.41) is 7.53. The number of aromatic nitrogens is 2. The first-order valence-corrected chi connectivity index (χ1v) is 6.25. The summed E-state index contributed by atoms with van der Waals surface area (Å²) in [5.74, 6) is 2.48. The molecule has 0 bridgehead atoms. The molecule has 1 aliphatic heterocycles. The molecule has 1 aromatic heterocycles. The van der Waals surface area contributed by atoms with Gasteiger partial charge in [-0.25, -0.2) is 0 Å². The molecule has 0 amide bonds. The maximum Gasteiger partial charge on any atom is 0.229 e. The first kappa shape index (κ1) is 11.6. The van der Waals surface area contributed by atoms with Crippen molar-refractivity contribution in [2.75, 3.05) is 6.54 Å². The van der Waals surface area contributed by atoms with Crippen LogP contribution in [-0.4, -0.2) is 16.7 Å². The number of hydrogen-bond donors (Lipinski definition) is 1. The number of rotatable bonds is 3. The molecule has 2 heterocycles. The standard InChI is InChI=1S/C12H21N3O/c1-8(2)9(3)12-14-11(15-16-12)10-6-4-5-7-13-10/h8-10,13H,4-7H2,1-3H3. The zero-order chi connectivity index (χ0) is 11.5. The van der Waals surface area contributed by atoms with Gasteiger partial charge in [0.15, 0.2) is 5.82 Å². The molecular weight excluding hydrogens is 202 g/mol. The summed E-state index contributed by atoms with van der Waals surface area (Å²) < 4.78 is 5.34. The molecule has 1 N–H and O–H groups in total. The van der Waals surface area contributed by atoms with Gasteiger partial charge in [-0.15, -0.1) is 0 Å². The van der Waals surface area contributed by atoms with Gasteiger partial charge in [0.05, 0.1) is 6.04 Å². The highest BCUT2D eigenvalue weighted by molar-refractivity contribution is 4.99. The second-order valence-corrected chi connectivity index (χ2v) is 5.03. The molecule has 1 aliphatic rings. The Bertz CT molecular complexity index is 329. The molecule has 2 unspecified atom stereocenters. The van der Waals surface area contributed by atoms with Crippen LogP contribution in [0.2, 0.25) is 0 Å². The summed E-state index contributed by atoms with van der Waals surface area (Å²) in [7, 11) is 0. The van der Waals surface area contributed by atoms with Crippen LogP contribution in [0, 0.1) is 5.92 Å². The van der Waals surface area contributed by atoms with Gasteiger partial charge >= 0.3 is 0 Å². The number of nitrogens with one attached hydrogen (secondary N) is 1. The maximum atomic E-state index is 5.34. The average molecular weight is 223 g/mol. The van der Waals surface area contributed by atoms with Gasteiger partial charge in [0.2, 0.25) is 5.89 Å². The molecule has 1 saturated heterocycles. The highest BCUT2D eigenvalue weighted by Crippen LogP contribution is 2.25. The fourth-order valence-corrected chi connectivity index (χ4v) is 1.93. The van der Waals surface area contributed by atoms with E-state index >= 15 is 0 Å². The van der Waals surface area contributed by atoms with Crippen LogP contribution < -0.4 is 5.32 Å². The molecule has 90 valence electrons. The van der Waals surface area contributed by atoms with Crippen molar-refractivity contribution >= 4 is 0 Å². The lowest BCUT2D eigenvalue weighted by Crippen LogP contribution is -2.27. The maximum absolute atomic E-state index is 5.34. The van der Waals surface area contributed by atoms with E-state index in [1.165, 1.54) is 12.8 Å². The largest absolute Gasteiger partial charge is 0.339 e. The Morgan fingerprint density at radius 2 is 2.12 bits per heavy atom. The van der Waals surface area contributed by atoms with Crippen LogP contribution in [0.25, 0.3) is 0 Å². The molecule has 2 rings (SSSR count). The molecule has 0 aromatic carbocycles. The van der Waals surface area contributed by atoms with E-state index in [4.69, 9.17) is 4.52 Å². The van der Waals surface area contributed by atoms with Crippen LogP contribution in [-0.2, 0) is 0 Å². The Labute approximate surface area is 96.8 Å². The van der Waals surface area contributed by atoms with Crippen LogP contribution in [0.5, 0.6) is 0 Å². The fourth-order valence-electron chi connectivity index (χ4n) is 1.93. The predicted molar refractivity (Wildman–Crippen MR) is 62.1 cm³/mol. The zero-order valence-corrected chi connectivity index (χ0v) is 10.4. The monoisotopic (exact) mass is 223 g/mol. The van der Waals surface area contributed by atoms with Crippen molar-refractivity contribution in [2.24, 2.45) is 5.92 Å². The molecule has 0 aliphatic carbocycles. The molecule has 0 saturated carbocycles. The van der Waals surface area contributed by atoms with E-state index in [9.17, 15) is 0 Å². The van der Waals surface area contributed by atoms with E-state index in [2.05, 4.69) is 36.2 Å². The summed E-state index contributed by atoms with van der Waals surface area (Å²) in [5.41, 5.74) is 0. The molecule has 16 heavy (non-hydrogen) atoms. The highest BCUT2D eigenvalue weighted by Gasteiger charge is 2.23. The third kappa shape index (κ3) is 2.43. The van der Waals surface area contributed by atoms with Gasteiger partial charge in [-0.05, 0) is 25.3 Å². The Kier molecular flexibility index (Phi) is 3.59. The first-order valence-electron chi connectivity index (χ1n) is 6.25. The Morgan fingerprint density at radius 3 is 2.75 bits per heavy atom. The number of hydrogen-bond acceptors (Lipinski definition) is 4. The van der Waals surface area contributed by atoms with Crippen LogP contribution in [0.3, 0.4) is 0 Å². The van der Waals surface area contributed by atoms with Gasteiger partial charge in [0.1, 0.15) is 0 Å². The van der Waals surface area contributed by atoms with E-state index in [0.717, 1.165) is 24.7 Å². The predicted octanol–water partition coefficient (Wildman–Crippen LogP) is 2.64. The van der Waals surface area contributed by atoms with Gasteiger partial charge in [0.25, 0.3) is 0 Å². The smallest absolute Gasteiger partial charge is 0.229 e. The minimum Gasteiger partial charge on any atom is -0.339 e. The number of piperidine rings is 1. The molecule has 1 fully saturated rings. The van der Waals surface area contributed by atoms with E-state index in [0.29, 0.717) is 17.9 Å². The lowest BCUT2D eigenvalue weighted by molar-refractivity contribution is 0.320. The molecule has 1 aromatic rings. The third-order valence-electron chi connectivity index (χ3n) is 3.47. The summed E-state index contributed by atoms with van der Waals surface area (Å²) >= 11 is 0. The van der Waals surface area contributed by atoms with E-state index in [-0.39, 0.29) is 0 Å². The first-order chi connectivity index (χ1) is 7.68. The summed E-state index contributed by atoms with van der Waals surface area (Å²) in [6.45, 7) is 7.55. The minimum absolute atomic E-state index is 0.297. The highest BCUT2D eigenvalue weighted by atomic mass is 16.5. The lowest BCUT2D eigenvalue weighted by Gasteiger charge is -2.19. The third-order valence-corrected chi connectivity index (χ3v) is 3.47. The molecule has 0 radical (unpaired) electrons. The molecule has 4 nitrogen and oxygen atoms in total. The Morgan fingerprint density at radius 1 is 1.31 bits per heavy atom. The second kappa shape index (κ2) is 4.95. The van der Waals surface area contributed by atoms with E-state index in [1.54, 1.807) is 0 Å². The Hall–Kier alpha value is -0.900. The fraction of sp³-hybridized carbons (Fsp3) is 0.833. The van der Waals surface area contributed by atoms with Crippen molar-refractivity contribution in [3.63, 3.8) is 0 Å². The van der Waals surface area contributed by atoms with Gasteiger partial charge in [0, 0.05) is 5.92 Å². The molecule has 4 heteroatoms. The van der Waals surface area contributed by atoms with Crippen LogP contribution >= 0.6 is 0 Å². The lowest BCUT2D eigenvalue weighted by atomic mass is 9.98. The number of nitrogens with zero attached hydrogens (tertiary/aromatic N) is 2. The summed E-state index contributed by atoms with van der Waals surface area (Å²) in [4.78, 5) is 4.51. The van der Waals surface area contributed by atoms with Gasteiger partial charge in [-0.2, -0.15) is 4.98 Å². The van der Waals surface area contributed by atoms with Gasteiger partial charge in [-0.1, -0.05) is 32.3 Å². The SMILES string of the molecule is CC(C)C(C)c1nc(C2CCCCN2)no1. The zero-order valence-electron chi connectivity index (χ0n) is 10.4.